The molecular formula is C10H16F3N3O5. The first-order valence-corrected chi connectivity index (χ1v) is 5.81. The van der Waals surface area contributed by atoms with Crippen LogP contribution in [0, 0.1) is 0 Å². The number of halogens is 3. The van der Waals surface area contributed by atoms with E-state index < -0.39 is 49.8 Å². The molecule has 0 aliphatic rings. The summed E-state index contributed by atoms with van der Waals surface area (Å²) < 4.78 is 36.8. The first-order chi connectivity index (χ1) is 9.56. The van der Waals surface area contributed by atoms with Crippen LogP contribution in [0.4, 0.5) is 18.0 Å². The van der Waals surface area contributed by atoms with Crippen LogP contribution in [0.5, 0.6) is 0 Å². The van der Waals surface area contributed by atoms with Gasteiger partial charge in [-0.05, 0) is 6.42 Å². The van der Waals surface area contributed by atoms with Gasteiger partial charge in [-0.1, -0.05) is 0 Å². The number of amides is 3. The maximum absolute atomic E-state index is 12.3. The lowest BCUT2D eigenvalue weighted by Crippen LogP contribution is -2.51. The van der Waals surface area contributed by atoms with Gasteiger partial charge in [0.2, 0.25) is 5.91 Å². The lowest BCUT2D eigenvalue weighted by atomic mass is 10.1. The van der Waals surface area contributed by atoms with Crippen LogP contribution in [0.25, 0.3) is 0 Å². The second kappa shape index (κ2) is 8.29. The number of carboxylic acids is 1. The first kappa shape index (κ1) is 19.0. The zero-order valence-corrected chi connectivity index (χ0v) is 10.9. The number of alkyl halides is 3. The molecule has 0 saturated heterocycles. The topological polar surface area (TPSA) is 133 Å². The minimum atomic E-state index is -4.70. The number of aliphatic carboxylic acids is 1. The number of urea groups is 1. The molecule has 8 nitrogen and oxygen atoms in total. The first-order valence-electron chi connectivity index (χ1n) is 5.81. The summed E-state index contributed by atoms with van der Waals surface area (Å²) in [6.45, 7) is -2.97. The van der Waals surface area contributed by atoms with Crippen molar-refractivity contribution >= 4 is 17.9 Å². The minimum absolute atomic E-state index is 0.222. The van der Waals surface area contributed by atoms with Crippen molar-refractivity contribution in [2.24, 2.45) is 5.73 Å². The van der Waals surface area contributed by atoms with Crippen molar-refractivity contribution in [3.05, 3.63) is 0 Å². The van der Waals surface area contributed by atoms with E-state index in [1.165, 1.54) is 0 Å². The standard InChI is InChI=1S/C10H16F3N3O5/c11-10(12,13)5-16(3-4-17)9(21)15-6(8(19)20)1-2-7(14)18/h6,17H,1-5H2,(H2,14,18)(H,15,21)(H,19,20). The molecule has 122 valence electrons. The fraction of sp³-hybridized carbons (Fsp3) is 0.700. The van der Waals surface area contributed by atoms with Crippen LogP contribution in [0.3, 0.4) is 0 Å². The van der Waals surface area contributed by atoms with Crippen molar-refractivity contribution in [2.45, 2.75) is 25.1 Å². The lowest BCUT2D eigenvalue weighted by Gasteiger charge is -2.25. The van der Waals surface area contributed by atoms with Gasteiger partial charge >= 0.3 is 18.2 Å². The number of rotatable bonds is 8. The highest BCUT2D eigenvalue weighted by Gasteiger charge is 2.34. The van der Waals surface area contributed by atoms with Gasteiger partial charge in [-0.2, -0.15) is 13.2 Å². The predicted molar refractivity (Wildman–Crippen MR) is 63.1 cm³/mol. The Morgan fingerprint density at radius 1 is 1.29 bits per heavy atom. The number of aliphatic hydroxyl groups excluding tert-OH is 1. The van der Waals surface area contributed by atoms with Crippen molar-refractivity contribution in [1.29, 1.82) is 0 Å². The van der Waals surface area contributed by atoms with Crippen molar-refractivity contribution < 1.29 is 37.8 Å². The Morgan fingerprint density at radius 2 is 1.86 bits per heavy atom. The van der Waals surface area contributed by atoms with Gasteiger partial charge in [0.15, 0.2) is 0 Å². The largest absolute Gasteiger partial charge is 0.480 e. The highest BCUT2D eigenvalue weighted by atomic mass is 19.4. The maximum atomic E-state index is 12.3. The van der Waals surface area contributed by atoms with Crippen LogP contribution in [-0.2, 0) is 9.59 Å². The Morgan fingerprint density at radius 3 is 2.24 bits per heavy atom. The molecule has 3 amide bonds. The number of nitrogens with one attached hydrogen (secondary N) is 1. The fourth-order valence-electron chi connectivity index (χ4n) is 1.37. The Labute approximate surface area is 117 Å². The highest BCUT2D eigenvalue weighted by molar-refractivity contribution is 5.83. The van der Waals surface area contributed by atoms with Crippen LogP contribution in [0.2, 0.25) is 0 Å². The number of primary amides is 1. The highest BCUT2D eigenvalue weighted by Crippen LogP contribution is 2.16. The molecule has 0 spiro atoms. The number of carbonyl (C=O) groups is 3. The van der Waals surface area contributed by atoms with Crippen LogP contribution < -0.4 is 11.1 Å². The number of hydrogen-bond donors (Lipinski definition) is 4. The van der Waals surface area contributed by atoms with Gasteiger partial charge in [-0.15, -0.1) is 0 Å². The number of carbonyl (C=O) groups excluding carboxylic acids is 2. The summed E-state index contributed by atoms with van der Waals surface area (Å²) >= 11 is 0. The summed E-state index contributed by atoms with van der Waals surface area (Å²) in [5.41, 5.74) is 4.83. The van der Waals surface area contributed by atoms with Gasteiger partial charge in [0.25, 0.3) is 0 Å². The molecule has 1 unspecified atom stereocenters. The summed E-state index contributed by atoms with van der Waals surface area (Å²) in [6, 6.07) is -2.86. The monoisotopic (exact) mass is 315 g/mol. The van der Waals surface area contributed by atoms with Crippen LogP contribution >= 0.6 is 0 Å². The van der Waals surface area contributed by atoms with Gasteiger partial charge in [-0.3, -0.25) is 4.79 Å². The molecule has 0 aromatic rings. The average molecular weight is 315 g/mol. The summed E-state index contributed by atoms with van der Waals surface area (Å²) in [5.74, 6) is -2.32. The number of nitrogens with two attached hydrogens (primary N) is 1. The van der Waals surface area contributed by atoms with E-state index in [-0.39, 0.29) is 17.7 Å². The Balaban J connectivity index is 4.74. The lowest BCUT2D eigenvalue weighted by molar-refractivity contribution is -0.141. The molecule has 0 rings (SSSR count). The summed E-state index contributed by atoms with van der Waals surface area (Å²) in [7, 11) is 0. The summed E-state index contributed by atoms with van der Waals surface area (Å²) in [6.07, 6.45) is -5.40. The van der Waals surface area contributed by atoms with Crippen molar-refractivity contribution in [3.8, 4) is 0 Å². The van der Waals surface area contributed by atoms with E-state index in [4.69, 9.17) is 15.9 Å². The number of hydrogen-bond acceptors (Lipinski definition) is 4. The van der Waals surface area contributed by atoms with Gasteiger partial charge in [0.1, 0.15) is 12.6 Å². The fourth-order valence-corrected chi connectivity index (χ4v) is 1.37. The van der Waals surface area contributed by atoms with Crippen molar-refractivity contribution in [3.63, 3.8) is 0 Å². The molecule has 0 heterocycles. The van der Waals surface area contributed by atoms with E-state index in [0.29, 0.717) is 0 Å². The van der Waals surface area contributed by atoms with Crippen molar-refractivity contribution in [1.82, 2.24) is 10.2 Å². The van der Waals surface area contributed by atoms with Crippen LogP contribution in [0.15, 0.2) is 0 Å². The predicted octanol–water partition coefficient (Wildman–Crippen LogP) is -0.729. The third-order valence-corrected chi connectivity index (χ3v) is 2.30. The van der Waals surface area contributed by atoms with Gasteiger partial charge in [0, 0.05) is 13.0 Å². The van der Waals surface area contributed by atoms with E-state index >= 15 is 0 Å². The number of aliphatic hydroxyl groups is 1. The van der Waals surface area contributed by atoms with Crippen LogP contribution in [-0.4, -0.2) is 64.9 Å². The second-order valence-corrected chi connectivity index (χ2v) is 4.11. The molecule has 0 radical (unpaired) electrons. The normalized spacial score (nSPS) is 12.6. The van der Waals surface area contributed by atoms with Crippen molar-refractivity contribution in [2.75, 3.05) is 19.7 Å². The molecule has 5 N–H and O–H groups in total. The zero-order valence-electron chi connectivity index (χ0n) is 10.9. The molecular weight excluding hydrogens is 299 g/mol. The Hall–Kier alpha value is -2.04. The minimum Gasteiger partial charge on any atom is -0.480 e. The summed E-state index contributed by atoms with van der Waals surface area (Å²) in [5, 5.41) is 19.3. The smallest absolute Gasteiger partial charge is 0.406 e. The quantitative estimate of drug-likeness (QED) is 0.469. The third kappa shape index (κ3) is 8.68. The Bertz CT molecular complexity index is 389. The van der Waals surface area contributed by atoms with E-state index in [0.717, 1.165) is 0 Å². The van der Waals surface area contributed by atoms with E-state index in [1.807, 2.05) is 5.32 Å². The Kier molecular flexibility index (Phi) is 7.49. The molecule has 1 atom stereocenters. The molecule has 11 heteroatoms. The molecule has 0 fully saturated rings. The molecule has 0 bridgehead atoms. The third-order valence-electron chi connectivity index (χ3n) is 2.30. The molecule has 0 saturated carbocycles. The van der Waals surface area contributed by atoms with Gasteiger partial charge < -0.3 is 26.2 Å². The number of nitrogens with zero attached hydrogens (tertiary/aromatic N) is 1. The van der Waals surface area contributed by atoms with E-state index in [9.17, 15) is 27.6 Å². The van der Waals surface area contributed by atoms with E-state index in [2.05, 4.69) is 0 Å². The average Bonchev–Trinajstić information content (AvgIpc) is 2.31. The van der Waals surface area contributed by atoms with Crippen LogP contribution in [0.1, 0.15) is 12.8 Å². The second-order valence-electron chi connectivity index (χ2n) is 4.11. The zero-order chi connectivity index (χ0) is 16.6. The molecule has 0 aliphatic heterocycles. The number of carboxylic acid groups (broad SMARTS) is 1. The summed E-state index contributed by atoms with van der Waals surface area (Å²) in [4.78, 5) is 33.2. The molecule has 0 aliphatic carbocycles. The molecule has 0 aromatic carbocycles. The molecule has 0 aromatic heterocycles. The van der Waals surface area contributed by atoms with Gasteiger partial charge in [-0.25, -0.2) is 9.59 Å². The van der Waals surface area contributed by atoms with E-state index in [1.54, 1.807) is 0 Å². The van der Waals surface area contributed by atoms with Gasteiger partial charge in [0.05, 0.1) is 6.61 Å². The molecule has 21 heavy (non-hydrogen) atoms. The SMILES string of the molecule is NC(=O)CCC(NC(=O)N(CCO)CC(F)(F)F)C(=O)O. The maximum Gasteiger partial charge on any atom is 0.406 e.